The Morgan fingerprint density at radius 3 is 2.35 bits per heavy atom. The van der Waals surface area contributed by atoms with Crippen molar-refractivity contribution in [3.63, 3.8) is 0 Å². The predicted octanol–water partition coefficient (Wildman–Crippen LogP) is 5.86. The highest BCUT2D eigenvalue weighted by Crippen LogP contribution is 2.31. The first-order valence-corrected chi connectivity index (χ1v) is 12.8. The Balaban J connectivity index is 1.53. The lowest BCUT2D eigenvalue weighted by atomic mass is 10.2. The summed E-state index contributed by atoms with van der Waals surface area (Å²) in [6.45, 7) is 4.09. The number of hydrogen-bond donors (Lipinski definition) is 1. The quantitative estimate of drug-likeness (QED) is 0.253. The molecule has 1 amide bonds. The van der Waals surface area contributed by atoms with Crippen LogP contribution in [0.25, 0.3) is 5.69 Å². The van der Waals surface area contributed by atoms with Gasteiger partial charge in [-0.2, -0.15) is 0 Å². The number of carbonyl (C=O) groups is 1. The lowest BCUT2D eigenvalue weighted by Gasteiger charge is -2.13. The molecule has 0 saturated carbocycles. The zero-order chi connectivity index (χ0) is 26.4. The van der Waals surface area contributed by atoms with E-state index in [4.69, 9.17) is 25.8 Å². The third kappa shape index (κ3) is 6.55. The number of halogens is 1. The standard InChI is InChI=1S/C27H27ClN4O4S/c1-17-5-9-21(10-6-17)36-15-25-30-31-27(32(25)19-7-11-20(34-3)12-8-19)37-16-26(33)29-23-13-18(2)22(28)14-24(23)35-4/h5-14H,15-16H2,1-4H3,(H,29,33). The van der Waals surface area contributed by atoms with E-state index >= 15 is 0 Å². The summed E-state index contributed by atoms with van der Waals surface area (Å²) in [4.78, 5) is 12.8. The molecule has 4 aromatic rings. The summed E-state index contributed by atoms with van der Waals surface area (Å²) in [5, 5.41) is 12.7. The SMILES string of the molecule is COc1ccc(-n2c(COc3ccc(C)cc3)nnc2SCC(=O)Nc2cc(C)c(Cl)cc2OC)cc1. The zero-order valence-electron chi connectivity index (χ0n) is 20.9. The maximum atomic E-state index is 12.8. The number of methoxy groups -OCH3 is 2. The van der Waals surface area contributed by atoms with E-state index in [1.54, 1.807) is 19.2 Å². The van der Waals surface area contributed by atoms with Gasteiger partial charge in [-0.25, -0.2) is 0 Å². The molecular formula is C27H27ClN4O4S. The van der Waals surface area contributed by atoms with Crippen molar-refractivity contribution in [1.82, 2.24) is 14.8 Å². The number of amides is 1. The van der Waals surface area contributed by atoms with Crippen LogP contribution in [0.5, 0.6) is 17.2 Å². The van der Waals surface area contributed by atoms with Gasteiger partial charge in [0.2, 0.25) is 5.91 Å². The highest BCUT2D eigenvalue weighted by Gasteiger charge is 2.18. The van der Waals surface area contributed by atoms with Gasteiger partial charge >= 0.3 is 0 Å². The van der Waals surface area contributed by atoms with Crippen LogP contribution in [0.15, 0.2) is 65.8 Å². The molecule has 0 unspecified atom stereocenters. The largest absolute Gasteiger partial charge is 0.497 e. The summed E-state index contributed by atoms with van der Waals surface area (Å²) in [5.74, 6) is 2.45. The minimum atomic E-state index is -0.216. The Kier molecular flexibility index (Phi) is 8.58. The van der Waals surface area contributed by atoms with Crippen molar-refractivity contribution in [3.05, 3.63) is 82.6 Å². The van der Waals surface area contributed by atoms with E-state index in [0.29, 0.717) is 27.4 Å². The number of aromatic nitrogens is 3. The number of ether oxygens (including phenoxy) is 3. The third-order valence-corrected chi connectivity index (χ3v) is 6.84. The van der Waals surface area contributed by atoms with E-state index in [1.165, 1.54) is 18.9 Å². The van der Waals surface area contributed by atoms with Crippen LogP contribution in [0, 0.1) is 13.8 Å². The fraction of sp³-hybridized carbons (Fsp3) is 0.222. The molecule has 1 aromatic heterocycles. The minimum absolute atomic E-state index is 0.109. The van der Waals surface area contributed by atoms with E-state index in [-0.39, 0.29) is 18.3 Å². The summed E-state index contributed by atoms with van der Waals surface area (Å²) in [7, 11) is 3.15. The van der Waals surface area contributed by atoms with Gasteiger partial charge in [-0.15, -0.1) is 10.2 Å². The molecule has 0 bridgehead atoms. The molecule has 192 valence electrons. The minimum Gasteiger partial charge on any atom is -0.497 e. The lowest BCUT2D eigenvalue weighted by Crippen LogP contribution is -2.15. The fourth-order valence-corrected chi connectivity index (χ4v) is 4.43. The van der Waals surface area contributed by atoms with Gasteiger partial charge in [-0.3, -0.25) is 9.36 Å². The molecular weight excluding hydrogens is 512 g/mol. The summed E-state index contributed by atoms with van der Waals surface area (Å²) < 4.78 is 18.5. The number of rotatable bonds is 10. The normalized spacial score (nSPS) is 10.7. The summed E-state index contributed by atoms with van der Waals surface area (Å²) in [5.41, 5.74) is 3.37. The van der Waals surface area contributed by atoms with Crippen molar-refractivity contribution in [2.24, 2.45) is 0 Å². The lowest BCUT2D eigenvalue weighted by molar-refractivity contribution is -0.113. The molecule has 1 heterocycles. The number of aryl methyl sites for hydroxylation is 2. The molecule has 0 fully saturated rings. The van der Waals surface area contributed by atoms with E-state index < -0.39 is 0 Å². The maximum Gasteiger partial charge on any atom is 0.234 e. The average molecular weight is 539 g/mol. The van der Waals surface area contributed by atoms with Crippen LogP contribution in [-0.2, 0) is 11.4 Å². The van der Waals surface area contributed by atoms with Crippen molar-refractivity contribution < 1.29 is 19.0 Å². The molecule has 0 atom stereocenters. The molecule has 4 rings (SSSR count). The Labute approximate surface area is 224 Å². The van der Waals surface area contributed by atoms with E-state index in [9.17, 15) is 4.79 Å². The average Bonchev–Trinajstić information content (AvgIpc) is 3.32. The second-order valence-corrected chi connectivity index (χ2v) is 9.52. The number of carbonyl (C=O) groups excluding carboxylic acids is 1. The van der Waals surface area contributed by atoms with Crippen LogP contribution in [0.2, 0.25) is 5.02 Å². The highest BCUT2D eigenvalue weighted by atomic mass is 35.5. The van der Waals surface area contributed by atoms with Crippen molar-refractivity contribution in [2.45, 2.75) is 25.6 Å². The molecule has 37 heavy (non-hydrogen) atoms. The Morgan fingerprint density at radius 1 is 0.973 bits per heavy atom. The van der Waals surface area contributed by atoms with Crippen LogP contribution in [0.3, 0.4) is 0 Å². The van der Waals surface area contributed by atoms with Gasteiger partial charge in [-0.05, 0) is 61.9 Å². The molecule has 0 aliphatic carbocycles. The Morgan fingerprint density at radius 2 is 1.68 bits per heavy atom. The van der Waals surface area contributed by atoms with Crippen LogP contribution < -0.4 is 19.5 Å². The predicted molar refractivity (Wildman–Crippen MR) is 146 cm³/mol. The van der Waals surface area contributed by atoms with Crippen LogP contribution in [0.4, 0.5) is 5.69 Å². The molecule has 8 nitrogen and oxygen atoms in total. The molecule has 0 aliphatic rings. The van der Waals surface area contributed by atoms with E-state index in [1.807, 2.05) is 66.9 Å². The molecule has 0 saturated heterocycles. The number of hydrogen-bond acceptors (Lipinski definition) is 7. The van der Waals surface area contributed by atoms with Gasteiger partial charge in [-0.1, -0.05) is 41.1 Å². The smallest absolute Gasteiger partial charge is 0.234 e. The second-order valence-electron chi connectivity index (χ2n) is 8.17. The molecule has 3 aromatic carbocycles. The Bertz CT molecular complexity index is 1370. The van der Waals surface area contributed by atoms with Crippen LogP contribution >= 0.6 is 23.4 Å². The molecule has 0 spiro atoms. The first-order chi connectivity index (χ1) is 17.9. The number of benzene rings is 3. The van der Waals surface area contributed by atoms with Gasteiger partial charge < -0.3 is 19.5 Å². The fourth-order valence-electron chi connectivity index (χ4n) is 3.51. The van der Waals surface area contributed by atoms with E-state index in [0.717, 1.165) is 28.3 Å². The second kappa shape index (κ2) is 12.0. The monoisotopic (exact) mass is 538 g/mol. The molecule has 0 aliphatic heterocycles. The first kappa shape index (κ1) is 26.4. The zero-order valence-corrected chi connectivity index (χ0v) is 22.5. The topological polar surface area (TPSA) is 87.5 Å². The van der Waals surface area contributed by atoms with Crippen molar-refractivity contribution in [2.75, 3.05) is 25.3 Å². The van der Waals surface area contributed by atoms with E-state index in [2.05, 4.69) is 15.5 Å². The Hall–Kier alpha value is -3.69. The summed E-state index contributed by atoms with van der Waals surface area (Å²) >= 11 is 7.45. The van der Waals surface area contributed by atoms with Crippen LogP contribution in [0.1, 0.15) is 17.0 Å². The van der Waals surface area contributed by atoms with Gasteiger partial charge in [0.25, 0.3) is 0 Å². The molecule has 1 N–H and O–H groups in total. The number of thioether (sulfide) groups is 1. The van der Waals surface area contributed by atoms with Gasteiger partial charge in [0.05, 0.1) is 25.7 Å². The highest BCUT2D eigenvalue weighted by molar-refractivity contribution is 7.99. The van der Waals surface area contributed by atoms with Crippen LogP contribution in [-0.4, -0.2) is 40.6 Å². The molecule has 0 radical (unpaired) electrons. The number of nitrogens with zero attached hydrogens (tertiary/aromatic N) is 3. The van der Waals surface area contributed by atoms with Gasteiger partial charge in [0, 0.05) is 16.8 Å². The third-order valence-electron chi connectivity index (χ3n) is 5.51. The number of nitrogens with one attached hydrogen (secondary N) is 1. The van der Waals surface area contributed by atoms with Crippen molar-refractivity contribution >= 4 is 35.0 Å². The first-order valence-electron chi connectivity index (χ1n) is 11.4. The maximum absolute atomic E-state index is 12.8. The number of anilines is 1. The summed E-state index contributed by atoms with van der Waals surface area (Å²) in [6.07, 6.45) is 0. The van der Waals surface area contributed by atoms with Gasteiger partial charge in [0.1, 0.15) is 23.9 Å². The van der Waals surface area contributed by atoms with Crippen molar-refractivity contribution in [3.8, 4) is 22.9 Å². The van der Waals surface area contributed by atoms with Gasteiger partial charge in [0.15, 0.2) is 11.0 Å². The molecule has 10 heteroatoms. The van der Waals surface area contributed by atoms with Crippen molar-refractivity contribution in [1.29, 1.82) is 0 Å². The summed E-state index contributed by atoms with van der Waals surface area (Å²) in [6, 6.07) is 18.8.